The Morgan fingerprint density at radius 2 is 1.54 bits per heavy atom. The average Bonchev–Trinajstić information content (AvgIpc) is 2.98. The van der Waals surface area contributed by atoms with E-state index in [1.807, 2.05) is 18.2 Å². The molecule has 5 heteroatoms. The van der Waals surface area contributed by atoms with E-state index in [2.05, 4.69) is 101 Å². The molecule has 1 aromatic carbocycles. The predicted octanol–water partition coefficient (Wildman–Crippen LogP) is 10.9. The number of carbonyl (C=O) groups is 1. The highest BCUT2D eigenvalue weighted by Gasteiger charge is 2.70. The molecule has 1 N–H and O–H groups in total. The second-order valence-electron chi connectivity index (χ2n) is 20.8. The number of hydrogen-bond donors (Lipinski definition) is 1. The standard InChI is InChI=1S/C43H68O4Si/c1-37(2,3)48(11,12)47-32-27-40(8)33(39(6,7)35(32)44)20-21-42(10)34(40)19-18-30-31-26-38(4,5)22-24-43(31,25-23-41(30,42)9)36(45)46-28-29-16-14-13-15-17-29/h13-18,31-35,44H,19-28H2,1-12H3/t31-,32+,33-,34+,35-,40-,41+,42+,43-/m0/s1. The van der Waals surface area contributed by atoms with Crippen molar-refractivity contribution in [2.24, 2.45) is 50.2 Å². The average molecular weight is 677 g/mol. The minimum Gasteiger partial charge on any atom is -0.460 e. The maximum Gasteiger partial charge on any atom is 0.313 e. The fraction of sp³-hybridized carbons (Fsp3) is 0.791. The lowest BCUT2D eigenvalue weighted by Gasteiger charge is -2.72. The van der Waals surface area contributed by atoms with Crippen molar-refractivity contribution in [3.8, 4) is 0 Å². The third-order valence-electron chi connectivity index (χ3n) is 16.4. The molecule has 4 saturated carbocycles. The number of aliphatic hydroxyl groups is 1. The molecule has 1 aromatic rings. The van der Waals surface area contributed by atoms with Crippen LogP contribution in [0, 0.1) is 50.2 Å². The topological polar surface area (TPSA) is 55.8 Å². The van der Waals surface area contributed by atoms with Crippen molar-refractivity contribution in [2.45, 2.75) is 164 Å². The predicted molar refractivity (Wildman–Crippen MR) is 199 cm³/mol. The Hall–Kier alpha value is -1.43. The summed E-state index contributed by atoms with van der Waals surface area (Å²) >= 11 is 0. The first-order valence-corrected chi connectivity index (χ1v) is 22.2. The van der Waals surface area contributed by atoms with Crippen LogP contribution in [0.25, 0.3) is 0 Å². The second kappa shape index (κ2) is 11.5. The summed E-state index contributed by atoms with van der Waals surface area (Å²) in [5.74, 6) is 1.21. The zero-order valence-corrected chi connectivity index (χ0v) is 33.6. The summed E-state index contributed by atoms with van der Waals surface area (Å²) in [6.07, 6.45) is 11.4. The van der Waals surface area contributed by atoms with E-state index in [1.54, 1.807) is 5.57 Å². The molecular weight excluding hydrogens is 609 g/mol. The van der Waals surface area contributed by atoms with E-state index in [1.165, 1.54) is 6.42 Å². The van der Waals surface area contributed by atoms with E-state index in [-0.39, 0.29) is 50.1 Å². The molecule has 0 aromatic heterocycles. The van der Waals surface area contributed by atoms with E-state index < -0.39 is 19.8 Å². The Morgan fingerprint density at radius 1 is 0.896 bits per heavy atom. The normalized spacial score (nSPS) is 41.9. The minimum absolute atomic E-state index is 0.0290. The van der Waals surface area contributed by atoms with Gasteiger partial charge in [-0.3, -0.25) is 4.79 Å². The van der Waals surface area contributed by atoms with Crippen LogP contribution in [-0.4, -0.2) is 31.6 Å². The van der Waals surface area contributed by atoms with Crippen molar-refractivity contribution < 1.29 is 19.1 Å². The zero-order chi connectivity index (χ0) is 35.3. The lowest BCUT2D eigenvalue weighted by molar-refractivity contribution is -0.229. The summed E-state index contributed by atoms with van der Waals surface area (Å²) < 4.78 is 13.4. The van der Waals surface area contributed by atoms with E-state index in [4.69, 9.17) is 9.16 Å². The molecule has 0 bridgehead atoms. The summed E-state index contributed by atoms with van der Waals surface area (Å²) in [5, 5.41) is 12.1. The number of benzene rings is 1. The van der Waals surface area contributed by atoms with Gasteiger partial charge in [0, 0.05) is 0 Å². The Kier molecular flexibility index (Phi) is 8.74. The molecule has 0 saturated heterocycles. The molecule has 0 spiro atoms. The Bertz CT molecular complexity index is 1420. The fourth-order valence-corrected chi connectivity index (χ4v) is 13.6. The van der Waals surface area contributed by atoms with Crippen LogP contribution in [0.1, 0.15) is 133 Å². The molecule has 0 unspecified atom stereocenters. The molecule has 48 heavy (non-hydrogen) atoms. The molecule has 268 valence electrons. The van der Waals surface area contributed by atoms with Crippen LogP contribution < -0.4 is 0 Å². The van der Waals surface area contributed by atoms with Crippen LogP contribution >= 0.6 is 0 Å². The van der Waals surface area contributed by atoms with Gasteiger partial charge in [-0.25, -0.2) is 0 Å². The van der Waals surface area contributed by atoms with Crippen molar-refractivity contribution >= 4 is 14.3 Å². The quantitative estimate of drug-likeness (QED) is 0.192. The highest BCUT2D eigenvalue weighted by molar-refractivity contribution is 6.74. The highest BCUT2D eigenvalue weighted by atomic mass is 28.4. The number of aliphatic hydroxyl groups excluding tert-OH is 1. The molecule has 4 nitrogen and oxygen atoms in total. The molecule has 6 rings (SSSR count). The number of carbonyl (C=O) groups excluding carboxylic acids is 1. The largest absolute Gasteiger partial charge is 0.460 e. The van der Waals surface area contributed by atoms with Gasteiger partial charge in [-0.1, -0.05) is 111 Å². The number of esters is 1. The fourth-order valence-electron chi connectivity index (χ4n) is 12.2. The van der Waals surface area contributed by atoms with E-state index >= 15 is 0 Å². The zero-order valence-electron chi connectivity index (χ0n) is 32.6. The molecule has 0 amide bonds. The van der Waals surface area contributed by atoms with Crippen LogP contribution in [0.2, 0.25) is 18.1 Å². The van der Waals surface area contributed by atoms with Gasteiger partial charge in [0.1, 0.15) is 6.61 Å². The maximum atomic E-state index is 14.4. The number of rotatable bonds is 5. The molecule has 0 radical (unpaired) electrons. The van der Waals surface area contributed by atoms with Crippen LogP contribution in [0.4, 0.5) is 0 Å². The number of hydrogen-bond acceptors (Lipinski definition) is 4. The Morgan fingerprint density at radius 3 is 2.19 bits per heavy atom. The van der Waals surface area contributed by atoms with Crippen molar-refractivity contribution in [3.63, 3.8) is 0 Å². The van der Waals surface area contributed by atoms with Gasteiger partial charge in [-0.15, -0.1) is 0 Å². The van der Waals surface area contributed by atoms with Gasteiger partial charge in [0.25, 0.3) is 0 Å². The van der Waals surface area contributed by atoms with Gasteiger partial charge in [0.2, 0.25) is 0 Å². The van der Waals surface area contributed by atoms with Gasteiger partial charge in [-0.2, -0.15) is 0 Å². The first-order valence-electron chi connectivity index (χ1n) is 19.3. The van der Waals surface area contributed by atoms with Crippen molar-refractivity contribution in [1.82, 2.24) is 0 Å². The van der Waals surface area contributed by atoms with Crippen LogP contribution in [0.3, 0.4) is 0 Å². The summed E-state index contributed by atoms with van der Waals surface area (Å²) in [7, 11) is -2.09. The highest BCUT2D eigenvalue weighted by Crippen LogP contribution is 2.76. The summed E-state index contributed by atoms with van der Waals surface area (Å²) in [6, 6.07) is 10.2. The molecule has 4 fully saturated rings. The van der Waals surface area contributed by atoms with Crippen molar-refractivity contribution in [2.75, 3.05) is 0 Å². The first kappa shape index (κ1) is 36.4. The third kappa shape index (κ3) is 5.37. The maximum absolute atomic E-state index is 14.4. The lowest BCUT2D eigenvalue weighted by atomic mass is 9.33. The number of fused-ring (bicyclic) bond motifs is 7. The molecule has 0 aliphatic heterocycles. The van der Waals surface area contributed by atoms with E-state index in [9.17, 15) is 9.90 Å². The van der Waals surface area contributed by atoms with Crippen molar-refractivity contribution in [3.05, 3.63) is 47.5 Å². The second-order valence-corrected chi connectivity index (χ2v) is 25.6. The van der Waals surface area contributed by atoms with E-state index in [0.717, 1.165) is 56.9 Å². The van der Waals surface area contributed by atoms with Crippen LogP contribution in [-0.2, 0) is 20.6 Å². The Labute approximate surface area is 294 Å². The van der Waals surface area contributed by atoms with Crippen LogP contribution in [0.15, 0.2) is 42.0 Å². The molecule has 0 heterocycles. The summed E-state index contributed by atoms with van der Waals surface area (Å²) in [5.41, 5.74) is 2.38. The molecule has 5 aliphatic rings. The van der Waals surface area contributed by atoms with Gasteiger partial charge in [0.15, 0.2) is 8.32 Å². The van der Waals surface area contributed by atoms with Gasteiger partial charge in [0.05, 0.1) is 17.6 Å². The SMILES string of the molecule is CC1(C)CC[C@]2(C(=O)OCc3ccccc3)CC[C@]3(C)C(=CC[C@@H]4[C@@]5(C)C[C@@H](O[Si](C)(C)C(C)(C)C)[C@H](O)C(C)(C)[C@@H]5CC[C@]43C)[C@@H]2C1. The van der Waals surface area contributed by atoms with E-state index in [0.29, 0.717) is 18.4 Å². The third-order valence-corrected chi connectivity index (χ3v) is 20.9. The molecular formula is C43H68O4Si. The molecule has 9 atom stereocenters. The summed E-state index contributed by atoms with van der Waals surface area (Å²) in [6.45, 7) is 29.2. The van der Waals surface area contributed by atoms with Gasteiger partial charge < -0.3 is 14.3 Å². The van der Waals surface area contributed by atoms with Crippen LogP contribution in [0.5, 0.6) is 0 Å². The minimum atomic E-state index is -2.09. The van der Waals surface area contributed by atoms with Gasteiger partial charge in [-0.05, 0) is 126 Å². The number of allylic oxidation sites excluding steroid dienone is 2. The monoisotopic (exact) mass is 676 g/mol. The first-order chi connectivity index (χ1) is 22.0. The molecule has 5 aliphatic carbocycles. The lowest BCUT2D eigenvalue weighted by Crippen LogP contribution is -2.68. The number of ether oxygens (including phenoxy) is 1. The van der Waals surface area contributed by atoms with Gasteiger partial charge >= 0.3 is 5.97 Å². The smallest absolute Gasteiger partial charge is 0.313 e. The Balaban J connectivity index is 1.36. The summed E-state index contributed by atoms with van der Waals surface area (Å²) in [4.78, 5) is 14.4. The van der Waals surface area contributed by atoms with Crippen molar-refractivity contribution in [1.29, 1.82) is 0 Å².